The molecular formula is C15H25N3O3. The van der Waals surface area contributed by atoms with Gasteiger partial charge in [0.15, 0.2) is 0 Å². The van der Waals surface area contributed by atoms with E-state index in [9.17, 15) is 10.1 Å². The van der Waals surface area contributed by atoms with Gasteiger partial charge in [0.2, 0.25) is 0 Å². The van der Waals surface area contributed by atoms with Crippen molar-refractivity contribution < 1.29 is 15.0 Å². The molecule has 0 spiro atoms. The van der Waals surface area contributed by atoms with Gasteiger partial charge in [0.05, 0.1) is 13.2 Å². The maximum absolute atomic E-state index is 12.3. The predicted molar refractivity (Wildman–Crippen MR) is 79.1 cm³/mol. The zero-order valence-corrected chi connectivity index (χ0v) is 12.8. The summed E-state index contributed by atoms with van der Waals surface area (Å²) in [5.74, 6) is -0.439. The van der Waals surface area contributed by atoms with Crippen LogP contribution in [0.4, 0.5) is 0 Å². The second-order valence-corrected chi connectivity index (χ2v) is 5.47. The zero-order chi connectivity index (χ0) is 15.8. The van der Waals surface area contributed by atoms with E-state index in [4.69, 9.17) is 10.2 Å². The second-order valence-electron chi connectivity index (χ2n) is 5.47. The van der Waals surface area contributed by atoms with Gasteiger partial charge in [-0.1, -0.05) is 0 Å². The Bertz CT molecular complexity index is 401. The van der Waals surface area contributed by atoms with E-state index < -0.39 is 5.91 Å². The van der Waals surface area contributed by atoms with Crippen LogP contribution in [0.3, 0.4) is 0 Å². The minimum atomic E-state index is -0.439. The number of hydrogen-bond donors (Lipinski definition) is 2. The van der Waals surface area contributed by atoms with Crippen molar-refractivity contribution in [3.63, 3.8) is 0 Å². The van der Waals surface area contributed by atoms with Gasteiger partial charge in [-0.2, -0.15) is 5.26 Å². The summed E-state index contributed by atoms with van der Waals surface area (Å²) in [7, 11) is 0. The van der Waals surface area contributed by atoms with Crippen LogP contribution in [0.1, 0.15) is 33.1 Å². The number of hydrogen-bond acceptors (Lipinski definition) is 5. The summed E-state index contributed by atoms with van der Waals surface area (Å²) in [5, 5.41) is 27.2. The Balaban J connectivity index is 2.91. The highest BCUT2D eigenvalue weighted by Crippen LogP contribution is 2.23. The zero-order valence-electron chi connectivity index (χ0n) is 12.8. The van der Waals surface area contributed by atoms with Crippen molar-refractivity contribution in [1.82, 2.24) is 9.80 Å². The van der Waals surface area contributed by atoms with E-state index in [0.29, 0.717) is 12.1 Å². The smallest absolute Gasteiger partial charge is 0.266 e. The summed E-state index contributed by atoms with van der Waals surface area (Å²) in [6, 6.07) is 2.55. The second kappa shape index (κ2) is 8.65. The molecule has 6 heteroatoms. The molecule has 0 saturated carbocycles. The van der Waals surface area contributed by atoms with Gasteiger partial charge in [-0.25, -0.2) is 0 Å². The maximum Gasteiger partial charge on any atom is 0.266 e. The summed E-state index contributed by atoms with van der Waals surface area (Å²) >= 11 is 0. The molecule has 1 rings (SSSR count). The van der Waals surface area contributed by atoms with Crippen molar-refractivity contribution in [3.05, 3.63) is 11.8 Å². The Kier molecular flexibility index (Phi) is 7.20. The molecule has 1 heterocycles. The van der Waals surface area contributed by atoms with Crippen LogP contribution in [0, 0.1) is 11.3 Å². The molecule has 1 aliphatic heterocycles. The van der Waals surface area contributed by atoms with Crippen LogP contribution >= 0.6 is 0 Å². The number of amides is 1. The number of carbonyl (C=O) groups excluding carboxylic acids is 1. The molecule has 0 aliphatic carbocycles. The standard InChI is InChI=1S/C15H25N3O3/c1-12-4-3-5-13(2)18(12)11-14(10-16)15(21)17(6-8-19)7-9-20/h11-13,19-20H,3-9H2,1-2H3/b14-11-. The van der Waals surface area contributed by atoms with Crippen molar-refractivity contribution in [2.45, 2.75) is 45.2 Å². The summed E-state index contributed by atoms with van der Waals surface area (Å²) < 4.78 is 0. The lowest BCUT2D eigenvalue weighted by Gasteiger charge is -2.38. The van der Waals surface area contributed by atoms with Gasteiger partial charge >= 0.3 is 0 Å². The van der Waals surface area contributed by atoms with Gasteiger partial charge in [0.1, 0.15) is 11.6 Å². The van der Waals surface area contributed by atoms with Crippen molar-refractivity contribution in [1.29, 1.82) is 5.26 Å². The highest BCUT2D eigenvalue weighted by molar-refractivity contribution is 5.97. The lowest BCUT2D eigenvalue weighted by atomic mass is 9.98. The van der Waals surface area contributed by atoms with Gasteiger partial charge in [0, 0.05) is 31.4 Å². The van der Waals surface area contributed by atoms with E-state index in [-0.39, 0.29) is 31.9 Å². The number of aliphatic hydroxyl groups is 2. The maximum atomic E-state index is 12.3. The first-order chi connectivity index (χ1) is 10.0. The first kappa shape index (κ1) is 17.5. The Hall–Kier alpha value is -1.58. The summed E-state index contributed by atoms with van der Waals surface area (Å²) in [4.78, 5) is 15.7. The molecule has 118 valence electrons. The third kappa shape index (κ3) is 4.73. The van der Waals surface area contributed by atoms with Gasteiger partial charge in [-0.15, -0.1) is 0 Å². The average Bonchev–Trinajstić information content (AvgIpc) is 2.46. The van der Waals surface area contributed by atoms with E-state index in [2.05, 4.69) is 18.7 Å². The number of nitriles is 1. The number of carbonyl (C=O) groups is 1. The molecule has 6 nitrogen and oxygen atoms in total. The van der Waals surface area contributed by atoms with E-state index in [1.807, 2.05) is 6.07 Å². The Morgan fingerprint density at radius 1 is 1.29 bits per heavy atom. The molecular weight excluding hydrogens is 270 g/mol. The quantitative estimate of drug-likeness (QED) is 0.549. The molecule has 21 heavy (non-hydrogen) atoms. The SMILES string of the molecule is CC1CCCC(C)N1/C=C(/C#N)C(=O)N(CCO)CCO. The Labute approximate surface area is 126 Å². The average molecular weight is 295 g/mol. The van der Waals surface area contributed by atoms with Crippen LogP contribution in [0.2, 0.25) is 0 Å². The summed E-state index contributed by atoms with van der Waals surface area (Å²) in [6.07, 6.45) is 4.89. The fourth-order valence-corrected chi connectivity index (χ4v) is 2.70. The molecule has 1 amide bonds. The number of piperidine rings is 1. The third-order valence-corrected chi connectivity index (χ3v) is 3.92. The topological polar surface area (TPSA) is 87.8 Å². The number of rotatable bonds is 6. The van der Waals surface area contributed by atoms with Crippen LogP contribution in [0.5, 0.6) is 0 Å². The molecule has 0 aromatic heterocycles. The van der Waals surface area contributed by atoms with E-state index in [0.717, 1.165) is 19.3 Å². The van der Waals surface area contributed by atoms with Crippen LogP contribution in [-0.2, 0) is 4.79 Å². The molecule has 0 bridgehead atoms. The van der Waals surface area contributed by atoms with Crippen LogP contribution in [0.15, 0.2) is 11.8 Å². The van der Waals surface area contributed by atoms with Crippen molar-refractivity contribution >= 4 is 5.91 Å². The van der Waals surface area contributed by atoms with Crippen LogP contribution in [0.25, 0.3) is 0 Å². The van der Waals surface area contributed by atoms with Crippen molar-refractivity contribution in [2.75, 3.05) is 26.3 Å². The lowest BCUT2D eigenvalue weighted by molar-refractivity contribution is -0.127. The summed E-state index contributed by atoms with van der Waals surface area (Å²) in [6.45, 7) is 4.02. The van der Waals surface area contributed by atoms with Gasteiger partial charge in [0.25, 0.3) is 5.91 Å². The minimum Gasteiger partial charge on any atom is -0.395 e. The molecule has 1 aliphatic rings. The number of aliphatic hydroxyl groups excluding tert-OH is 2. The Morgan fingerprint density at radius 3 is 2.24 bits per heavy atom. The largest absolute Gasteiger partial charge is 0.395 e. The minimum absolute atomic E-state index is 0.0532. The highest BCUT2D eigenvalue weighted by atomic mass is 16.3. The summed E-state index contributed by atoms with van der Waals surface area (Å²) in [5.41, 5.74) is 0.0532. The van der Waals surface area contributed by atoms with Crippen molar-refractivity contribution in [2.24, 2.45) is 0 Å². The highest BCUT2D eigenvalue weighted by Gasteiger charge is 2.25. The number of likely N-dealkylation sites (tertiary alicyclic amines) is 1. The monoisotopic (exact) mass is 295 g/mol. The fourth-order valence-electron chi connectivity index (χ4n) is 2.70. The first-order valence-electron chi connectivity index (χ1n) is 7.45. The molecule has 0 aromatic rings. The third-order valence-electron chi connectivity index (χ3n) is 3.92. The lowest BCUT2D eigenvalue weighted by Crippen LogP contribution is -2.41. The van der Waals surface area contributed by atoms with Crippen LogP contribution in [-0.4, -0.2) is 64.3 Å². The van der Waals surface area contributed by atoms with Crippen LogP contribution < -0.4 is 0 Å². The van der Waals surface area contributed by atoms with E-state index in [1.165, 1.54) is 4.90 Å². The van der Waals surface area contributed by atoms with E-state index in [1.54, 1.807) is 6.20 Å². The molecule has 1 fully saturated rings. The fraction of sp³-hybridized carbons (Fsp3) is 0.733. The molecule has 2 N–H and O–H groups in total. The molecule has 2 atom stereocenters. The normalized spacial score (nSPS) is 22.8. The Morgan fingerprint density at radius 2 is 1.81 bits per heavy atom. The predicted octanol–water partition coefficient (Wildman–Crippen LogP) is 0.470. The van der Waals surface area contributed by atoms with Crippen molar-refractivity contribution in [3.8, 4) is 6.07 Å². The number of nitrogens with zero attached hydrogens (tertiary/aromatic N) is 3. The molecule has 0 radical (unpaired) electrons. The van der Waals surface area contributed by atoms with Gasteiger partial charge in [-0.05, 0) is 33.1 Å². The molecule has 1 saturated heterocycles. The van der Waals surface area contributed by atoms with Gasteiger partial charge < -0.3 is 20.0 Å². The van der Waals surface area contributed by atoms with Gasteiger partial charge in [-0.3, -0.25) is 4.79 Å². The molecule has 0 aromatic carbocycles. The molecule has 2 unspecified atom stereocenters. The first-order valence-corrected chi connectivity index (χ1v) is 7.45. The van der Waals surface area contributed by atoms with E-state index >= 15 is 0 Å².